The van der Waals surface area contributed by atoms with Crippen LogP contribution < -0.4 is 0 Å². The smallest absolute Gasteiger partial charge is 0.260 e. The van der Waals surface area contributed by atoms with Crippen LogP contribution in [-0.4, -0.2) is 41.2 Å². The molecule has 4 nitrogen and oxygen atoms in total. The van der Waals surface area contributed by atoms with Crippen molar-refractivity contribution in [2.75, 3.05) is 19.6 Å². The monoisotopic (exact) mass is 390 g/mol. The van der Waals surface area contributed by atoms with Crippen LogP contribution in [0.2, 0.25) is 0 Å². The number of likely N-dealkylation sites (tertiary alicyclic amines) is 1. The maximum absolute atomic E-state index is 12.8. The Balaban J connectivity index is 1.49. The van der Waals surface area contributed by atoms with E-state index in [9.17, 15) is 9.59 Å². The van der Waals surface area contributed by atoms with Gasteiger partial charge in [0.15, 0.2) is 0 Å². The van der Waals surface area contributed by atoms with Crippen LogP contribution in [-0.2, 0) is 16.1 Å². The molecule has 1 heterocycles. The maximum atomic E-state index is 12.8. The standard InChI is InChI=1S/C25H30N2O2/c1-20(24-11-7-4-8-12-24)25(29)27(21(2)28)18-15-22-13-16-26(17-14-22)19-23-9-5-3-6-10-23/h3-12,22H,1,13-19H2,2H3. The number of carbonyl (C=O) groups excluding carboxylic acids is 2. The van der Waals surface area contributed by atoms with E-state index >= 15 is 0 Å². The fourth-order valence-corrected chi connectivity index (χ4v) is 3.91. The fourth-order valence-electron chi connectivity index (χ4n) is 3.91. The summed E-state index contributed by atoms with van der Waals surface area (Å²) in [6.45, 7) is 8.95. The molecule has 29 heavy (non-hydrogen) atoms. The highest BCUT2D eigenvalue weighted by molar-refractivity contribution is 6.22. The van der Waals surface area contributed by atoms with Gasteiger partial charge in [0.05, 0.1) is 0 Å². The first-order chi connectivity index (χ1) is 14.0. The average molecular weight is 391 g/mol. The SMILES string of the molecule is C=C(C(=O)N(CCC1CCN(Cc2ccccc2)CC1)C(C)=O)c1ccccc1. The number of piperidine rings is 1. The highest BCUT2D eigenvalue weighted by atomic mass is 16.2. The van der Waals surface area contributed by atoms with Gasteiger partial charge < -0.3 is 0 Å². The second-order valence-corrected chi connectivity index (χ2v) is 7.81. The van der Waals surface area contributed by atoms with Gasteiger partial charge in [0, 0.05) is 25.6 Å². The van der Waals surface area contributed by atoms with Crippen molar-refractivity contribution in [1.82, 2.24) is 9.80 Å². The number of rotatable bonds is 7. The van der Waals surface area contributed by atoms with Gasteiger partial charge in [-0.2, -0.15) is 0 Å². The lowest BCUT2D eigenvalue weighted by molar-refractivity contribution is -0.140. The minimum absolute atomic E-state index is 0.214. The number of hydrogen-bond donors (Lipinski definition) is 0. The topological polar surface area (TPSA) is 40.6 Å². The lowest BCUT2D eigenvalue weighted by Crippen LogP contribution is -2.39. The molecule has 0 N–H and O–H groups in total. The summed E-state index contributed by atoms with van der Waals surface area (Å²) in [5.74, 6) is 0.0421. The van der Waals surface area contributed by atoms with E-state index in [1.54, 1.807) is 0 Å². The molecule has 1 fully saturated rings. The van der Waals surface area contributed by atoms with Crippen LogP contribution in [0.4, 0.5) is 0 Å². The molecule has 3 rings (SSSR count). The van der Waals surface area contributed by atoms with Crippen molar-refractivity contribution in [3.63, 3.8) is 0 Å². The van der Waals surface area contributed by atoms with Gasteiger partial charge in [-0.3, -0.25) is 19.4 Å². The molecule has 4 heteroatoms. The quantitative estimate of drug-likeness (QED) is 0.659. The molecular formula is C25H30N2O2. The lowest BCUT2D eigenvalue weighted by atomic mass is 9.93. The zero-order chi connectivity index (χ0) is 20.6. The molecule has 0 spiro atoms. The lowest BCUT2D eigenvalue weighted by Gasteiger charge is -2.33. The Hall–Kier alpha value is -2.72. The third-order valence-electron chi connectivity index (χ3n) is 5.72. The van der Waals surface area contributed by atoms with Crippen LogP contribution in [0.25, 0.3) is 5.57 Å². The summed E-state index contributed by atoms with van der Waals surface area (Å²) in [6, 6.07) is 19.9. The molecule has 0 aliphatic carbocycles. The van der Waals surface area contributed by atoms with Crippen molar-refractivity contribution in [2.45, 2.75) is 32.7 Å². The Morgan fingerprint density at radius 2 is 1.59 bits per heavy atom. The second kappa shape index (κ2) is 10.2. The third kappa shape index (κ3) is 5.88. The molecule has 1 aliphatic heterocycles. The molecule has 0 saturated carbocycles. The van der Waals surface area contributed by atoms with Crippen LogP contribution >= 0.6 is 0 Å². The van der Waals surface area contributed by atoms with Crippen LogP contribution in [0, 0.1) is 5.92 Å². The van der Waals surface area contributed by atoms with Crippen LogP contribution in [0.15, 0.2) is 67.2 Å². The number of amides is 2. The van der Waals surface area contributed by atoms with Gasteiger partial charge in [0.1, 0.15) is 0 Å². The molecule has 2 amide bonds. The molecule has 0 bridgehead atoms. The van der Waals surface area contributed by atoms with E-state index in [0.717, 1.165) is 44.5 Å². The van der Waals surface area contributed by atoms with Crippen LogP contribution in [0.1, 0.15) is 37.3 Å². The summed E-state index contributed by atoms with van der Waals surface area (Å²) in [7, 11) is 0. The molecule has 2 aromatic rings. The highest BCUT2D eigenvalue weighted by Crippen LogP contribution is 2.23. The normalized spacial score (nSPS) is 15.1. The molecular weight excluding hydrogens is 360 g/mol. The number of nitrogens with zero attached hydrogens (tertiary/aromatic N) is 2. The van der Waals surface area contributed by atoms with Crippen molar-refractivity contribution < 1.29 is 9.59 Å². The summed E-state index contributed by atoms with van der Waals surface area (Å²) < 4.78 is 0. The zero-order valence-corrected chi connectivity index (χ0v) is 17.2. The maximum Gasteiger partial charge on any atom is 0.260 e. The van der Waals surface area contributed by atoms with Crippen molar-refractivity contribution in [3.05, 3.63) is 78.4 Å². The molecule has 0 radical (unpaired) electrons. The molecule has 1 saturated heterocycles. The zero-order valence-electron chi connectivity index (χ0n) is 17.2. The van der Waals surface area contributed by atoms with Crippen LogP contribution in [0.3, 0.4) is 0 Å². The minimum Gasteiger partial charge on any atom is -0.299 e. The van der Waals surface area contributed by atoms with Crippen molar-refractivity contribution in [3.8, 4) is 0 Å². The molecule has 1 aliphatic rings. The molecule has 0 aromatic heterocycles. The van der Waals surface area contributed by atoms with E-state index in [4.69, 9.17) is 0 Å². The van der Waals surface area contributed by atoms with E-state index in [1.165, 1.54) is 17.4 Å². The summed E-state index contributed by atoms with van der Waals surface area (Å²) in [6.07, 6.45) is 3.06. The van der Waals surface area contributed by atoms with Gasteiger partial charge in [-0.25, -0.2) is 0 Å². The van der Waals surface area contributed by atoms with Gasteiger partial charge in [-0.15, -0.1) is 0 Å². The van der Waals surface area contributed by atoms with E-state index in [2.05, 4.69) is 35.7 Å². The average Bonchev–Trinajstić information content (AvgIpc) is 2.75. The summed E-state index contributed by atoms with van der Waals surface area (Å²) in [5, 5.41) is 0. The number of imide groups is 1. The van der Waals surface area contributed by atoms with E-state index in [-0.39, 0.29) is 11.8 Å². The predicted octanol–water partition coefficient (Wildman–Crippen LogP) is 4.38. The first-order valence-electron chi connectivity index (χ1n) is 10.4. The molecule has 2 aromatic carbocycles. The first kappa shape index (κ1) is 21.0. The second-order valence-electron chi connectivity index (χ2n) is 7.81. The van der Waals surface area contributed by atoms with E-state index in [1.807, 2.05) is 36.4 Å². The molecule has 0 unspecified atom stereocenters. The predicted molar refractivity (Wildman–Crippen MR) is 117 cm³/mol. The summed E-state index contributed by atoms with van der Waals surface area (Å²) in [5.41, 5.74) is 2.48. The Labute approximate surface area is 173 Å². The van der Waals surface area contributed by atoms with Gasteiger partial charge in [-0.1, -0.05) is 67.2 Å². The fraction of sp³-hybridized carbons (Fsp3) is 0.360. The Bertz CT molecular complexity index is 824. The van der Waals surface area contributed by atoms with Crippen molar-refractivity contribution >= 4 is 17.4 Å². The molecule has 152 valence electrons. The Morgan fingerprint density at radius 1 is 1.00 bits per heavy atom. The Morgan fingerprint density at radius 3 is 2.17 bits per heavy atom. The van der Waals surface area contributed by atoms with Gasteiger partial charge in [0.2, 0.25) is 5.91 Å². The number of carbonyl (C=O) groups is 2. The van der Waals surface area contributed by atoms with Gasteiger partial charge in [-0.05, 0) is 49.4 Å². The van der Waals surface area contributed by atoms with Gasteiger partial charge >= 0.3 is 0 Å². The first-order valence-corrected chi connectivity index (χ1v) is 10.4. The van der Waals surface area contributed by atoms with E-state index in [0.29, 0.717) is 18.0 Å². The van der Waals surface area contributed by atoms with Crippen molar-refractivity contribution in [1.29, 1.82) is 0 Å². The minimum atomic E-state index is -0.287. The van der Waals surface area contributed by atoms with E-state index < -0.39 is 0 Å². The summed E-state index contributed by atoms with van der Waals surface area (Å²) >= 11 is 0. The highest BCUT2D eigenvalue weighted by Gasteiger charge is 2.24. The number of hydrogen-bond acceptors (Lipinski definition) is 3. The number of benzene rings is 2. The van der Waals surface area contributed by atoms with Gasteiger partial charge in [0.25, 0.3) is 5.91 Å². The Kier molecular flexibility index (Phi) is 7.36. The third-order valence-corrected chi connectivity index (χ3v) is 5.72. The molecule has 0 atom stereocenters. The van der Waals surface area contributed by atoms with Crippen LogP contribution in [0.5, 0.6) is 0 Å². The summed E-state index contributed by atoms with van der Waals surface area (Å²) in [4.78, 5) is 28.8. The van der Waals surface area contributed by atoms with Crippen molar-refractivity contribution in [2.24, 2.45) is 5.92 Å². The largest absolute Gasteiger partial charge is 0.299 e.